The van der Waals surface area contributed by atoms with Crippen LogP contribution in [0.5, 0.6) is 0 Å². The molecule has 0 aliphatic heterocycles. The van der Waals surface area contributed by atoms with E-state index in [0.29, 0.717) is 31.1 Å². The first-order chi connectivity index (χ1) is 8.65. The van der Waals surface area contributed by atoms with E-state index >= 15 is 0 Å². The van der Waals surface area contributed by atoms with Crippen molar-refractivity contribution in [1.29, 1.82) is 0 Å². The number of nitrogens with zero attached hydrogens (tertiary/aromatic N) is 1. The zero-order valence-corrected chi connectivity index (χ0v) is 10.5. The van der Waals surface area contributed by atoms with Crippen molar-refractivity contribution in [3.63, 3.8) is 0 Å². The number of rotatable bonds is 6. The van der Waals surface area contributed by atoms with E-state index in [9.17, 15) is 9.59 Å². The van der Waals surface area contributed by atoms with E-state index in [-0.39, 0.29) is 5.91 Å². The molecule has 0 bridgehead atoms. The minimum Gasteiger partial charge on any atom is -0.462 e. The maximum atomic E-state index is 11.6. The molecule has 0 aromatic carbocycles. The highest BCUT2D eigenvalue weighted by Crippen LogP contribution is 2.12. The lowest BCUT2D eigenvalue weighted by Gasteiger charge is -2.10. The fourth-order valence-electron chi connectivity index (χ4n) is 1.34. The minimum atomic E-state index is -0.410. The summed E-state index contributed by atoms with van der Waals surface area (Å²) in [5, 5.41) is 5.63. The van der Waals surface area contributed by atoms with Crippen LogP contribution < -0.4 is 10.6 Å². The fourth-order valence-corrected chi connectivity index (χ4v) is 1.34. The molecule has 18 heavy (non-hydrogen) atoms. The van der Waals surface area contributed by atoms with Crippen molar-refractivity contribution in [2.75, 3.05) is 25.0 Å². The van der Waals surface area contributed by atoms with Gasteiger partial charge in [-0.1, -0.05) is 0 Å². The van der Waals surface area contributed by atoms with Gasteiger partial charge in [0.2, 0.25) is 5.91 Å². The normalized spacial score (nSPS) is 9.67. The molecule has 2 N–H and O–H groups in total. The summed E-state index contributed by atoms with van der Waals surface area (Å²) in [6.45, 7) is 4.47. The molecular formula is C12H17N3O3. The Kier molecular flexibility index (Phi) is 5.63. The summed E-state index contributed by atoms with van der Waals surface area (Å²) in [5.41, 5.74) is 0.391. The summed E-state index contributed by atoms with van der Waals surface area (Å²) in [6.07, 6.45) is 1.59. The van der Waals surface area contributed by atoms with E-state index in [1.807, 2.05) is 0 Å². The predicted molar refractivity (Wildman–Crippen MR) is 67.4 cm³/mol. The maximum Gasteiger partial charge on any atom is 0.341 e. The lowest BCUT2D eigenvalue weighted by atomic mass is 10.2. The Morgan fingerprint density at radius 3 is 2.83 bits per heavy atom. The molecule has 1 aromatic heterocycles. The van der Waals surface area contributed by atoms with E-state index in [1.54, 1.807) is 25.3 Å². The molecule has 0 saturated carbocycles. The van der Waals surface area contributed by atoms with Crippen LogP contribution in [0.15, 0.2) is 18.3 Å². The van der Waals surface area contributed by atoms with Gasteiger partial charge in [-0.25, -0.2) is 9.78 Å². The van der Waals surface area contributed by atoms with Gasteiger partial charge in [0, 0.05) is 26.2 Å². The zero-order chi connectivity index (χ0) is 13.4. The summed E-state index contributed by atoms with van der Waals surface area (Å²) in [5.74, 6) is -0.0441. The number of esters is 1. The van der Waals surface area contributed by atoms with E-state index in [1.165, 1.54) is 6.92 Å². The summed E-state index contributed by atoms with van der Waals surface area (Å²) in [4.78, 5) is 26.4. The molecule has 1 amide bonds. The molecule has 0 aliphatic carbocycles. The third kappa shape index (κ3) is 4.40. The van der Waals surface area contributed by atoms with Gasteiger partial charge in [0.05, 0.1) is 6.61 Å². The van der Waals surface area contributed by atoms with E-state index in [0.717, 1.165) is 0 Å². The van der Waals surface area contributed by atoms with Crippen LogP contribution in [0.25, 0.3) is 0 Å². The lowest BCUT2D eigenvalue weighted by molar-refractivity contribution is -0.118. The van der Waals surface area contributed by atoms with Gasteiger partial charge >= 0.3 is 5.97 Å². The van der Waals surface area contributed by atoms with Gasteiger partial charge in [-0.15, -0.1) is 0 Å². The van der Waals surface area contributed by atoms with Crippen molar-refractivity contribution in [3.05, 3.63) is 23.9 Å². The highest BCUT2D eigenvalue weighted by Gasteiger charge is 2.12. The average Bonchev–Trinajstić information content (AvgIpc) is 2.35. The van der Waals surface area contributed by atoms with Crippen molar-refractivity contribution >= 4 is 17.7 Å². The van der Waals surface area contributed by atoms with E-state index in [2.05, 4.69) is 15.6 Å². The maximum absolute atomic E-state index is 11.6. The third-order valence-corrected chi connectivity index (χ3v) is 2.09. The zero-order valence-electron chi connectivity index (χ0n) is 10.5. The second-order valence-corrected chi connectivity index (χ2v) is 3.53. The summed E-state index contributed by atoms with van der Waals surface area (Å²) >= 11 is 0. The number of carbonyl (C=O) groups excluding carboxylic acids is 2. The van der Waals surface area contributed by atoms with Gasteiger partial charge in [-0.2, -0.15) is 0 Å². The van der Waals surface area contributed by atoms with Crippen LogP contribution >= 0.6 is 0 Å². The molecule has 0 atom stereocenters. The Balaban J connectivity index is 2.59. The van der Waals surface area contributed by atoms with Crippen LogP contribution in [-0.4, -0.2) is 36.6 Å². The van der Waals surface area contributed by atoms with Crippen molar-refractivity contribution < 1.29 is 14.3 Å². The van der Waals surface area contributed by atoms with Gasteiger partial charge in [-0.05, 0) is 19.1 Å². The molecule has 0 saturated heterocycles. The summed E-state index contributed by atoms with van der Waals surface area (Å²) in [7, 11) is 0. The molecular weight excluding hydrogens is 234 g/mol. The molecule has 1 heterocycles. The van der Waals surface area contributed by atoms with Crippen LogP contribution in [-0.2, 0) is 9.53 Å². The van der Waals surface area contributed by atoms with Crippen LogP contribution in [0.1, 0.15) is 24.2 Å². The van der Waals surface area contributed by atoms with Crippen LogP contribution in [0.4, 0.5) is 5.82 Å². The smallest absolute Gasteiger partial charge is 0.341 e. The van der Waals surface area contributed by atoms with Crippen LogP contribution in [0.3, 0.4) is 0 Å². The fraction of sp³-hybridized carbons (Fsp3) is 0.417. The number of hydrogen-bond acceptors (Lipinski definition) is 5. The van der Waals surface area contributed by atoms with Gasteiger partial charge in [0.15, 0.2) is 0 Å². The Bertz CT molecular complexity index is 421. The Labute approximate surface area is 106 Å². The number of amides is 1. The van der Waals surface area contributed by atoms with Gasteiger partial charge in [0.25, 0.3) is 0 Å². The highest BCUT2D eigenvalue weighted by atomic mass is 16.5. The SMILES string of the molecule is CCOC(=O)c1cccnc1NCCNC(C)=O. The number of aromatic nitrogens is 1. The first kappa shape index (κ1) is 14.0. The van der Waals surface area contributed by atoms with Crippen molar-refractivity contribution in [2.45, 2.75) is 13.8 Å². The molecule has 0 unspecified atom stereocenters. The topological polar surface area (TPSA) is 80.3 Å². The Hall–Kier alpha value is -2.11. The molecule has 1 rings (SSSR count). The largest absolute Gasteiger partial charge is 0.462 e. The predicted octanol–water partition coefficient (Wildman–Crippen LogP) is 0.806. The molecule has 98 valence electrons. The number of carbonyl (C=O) groups is 2. The van der Waals surface area contributed by atoms with Crippen LogP contribution in [0.2, 0.25) is 0 Å². The number of anilines is 1. The van der Waals surface area contributed by atoms with Gasteiger partial charge in [-0.3, -0.25) is 4.79 Å². The van der Waals surface area contributed by atoms with E-state index < -0.39 is 5.97 Å². The average molecular weight is 251 g/mol. The van der Waals surface area contributed by atoms with Crippen molar-refractivity contribution in [2.24, 2.45) is 0 Å². The molecule has 1 aromatic rings. The molecule has 0 aliphatic rings. The quantitative estimate of drug-likeness (QED) is 0.577. The summed E-state index contributed by atoms with van der Waals surface area (Å²) < 4.78 is 4.92. The second-order valence-electron chi connectivity index (χ2n) is 3.53. The standard InChI is InChI=1S/C12H17N3O3/c1-3-18-12(17)10-5-4-6-14-11(10)15-8-7-13-9(2)16/h4-6H,3,7-8H2,1-2H3,(H,13,16)(H,14,15). The van der Waals surface area contributed by atoms with Gasteiger partial charge in [0.1, 0.15) is 11.4 Å². The van der Waals surface area contributed by atoms with Crippen LogP contribution in [0, 0.1) is 0 Å². The van der Waals surface area contributed by atoms with Crippen molar-refractivity contribution in [3.8, 4) is 0 Å². The third-order valence-electron chi connectivity index (χ3n) is 2.09. The van der Waals surface area contributed by atoms with Crippen molar-refractivity contribution in [1.82, 2.24) is 10.3 Å². The number of hydrogen-bond donors (Lipinski definition) is 2. The van der Waals surface area contributed by atoms with E-state index in [4.69, 9.17) is 4.74 Å². The lowest BCUT2D eigenvalue weighted by Crippen LogP contribution is -2.27. The molecule has 6 heteroatoms. The first-order valence-electron chi connectivity index (χ1n) is 5.75. The number of nitrogens with one attached hydrogen (secondary N) is 2. The van der Waals surface area contributed by atoms with Gasteiger partial charge < -0.3 is 15.4 Å². The second kappa shape index (κ2) is 7.26. The Morgan fingerprint density at radius 2 is 2.17 bits per heavy atom. The molecule has 0 fully saturated rings. The highest BCUT2D eigenvalue weighted by molar-refractivity contribution is 5.94. The minimum absolute atomic E-state index is 0.0940. The first-order valence-corrected chi connectivity index (χ1v) is 5.75. The molecule has 0 radical (unpaired) electrons. The number of pyridine rings is 1. The Morgan fingerprint density at radius 1 is 1.39 bits per heavy atom. The monoisotopic (exact) mass is 251 g/mol. The molecule has 6 nitrogen and oxygen atoms in total. The summed E-state index contributed by atoms with van der Waals surface area (Å²) in [6, 6.07) is 3.32. The number of ether oxygens (including phenoxy) is 1. The molecule has 0 spiro atoms.